The quantitative estimate of drug-likeness (QED) is 0.888. The van der Waals surface area contributed by atoms with Gasteiger partial charge in [-0.05, 0) is 24.6 Å². The van der Waals surface area contributed by atoms with Crippen LogP contribution in [-0.2, 0) is 23.8 Å². The van der Waals surface area contributed by atoms with E-state index < -0.39 is 10.8 Å². The number of aromatic nitrogens is 3. The van der Waals surface area contributed by atoms with E-state index in [1.54, 1.807) is 30.5 Å². The number of nitrogens with zero attached hydrogens (tertiary/aromatic N) is 3. The van der Waals surface area contributed by atoms with Gasteiger partial charge < -0.3 is 10.6 Å². The van der Waals surface area contributed by atoms with Gasteiger partial charge in [0.25, 0.3) is 0 Å². The Labute approximate surface area is 130 Å². The van der Waals surface area contributed by atoms with Gasteiger partial charge in [0.2, 0.25) is 0 Å². The number of benzene rings is 1. The maximum absolute atomic E-state index is 12.1. The van der Waals surface area contributed by atoms with E-state index in [0.717, 1.165) is 18.7 Å². The van der Waals surface area contributed by atoms with Gasteiger partial charge in [-0.2, -0.15) is 5.10 Å². The second kappa shape index (κ2) is 6.27. The SMILES string of the molecule is C[S@@](=O)c1cccc(NC(=O)N[C@@H]2CCc3ncnn3C2)c1. The molecule has 0 radical (unpaired) electrons. The van der Waals surface area contributed by atoms with Crippen molar-refractivity contribution >= 4 is 22.5 Å². The van der Waals surface area contributed by atoms with Crippen LogP contribution in [0.1, 0.15) is 12.2 Å². The smallest absolute Gasteiger partial charge is 0.319 e. The summed E-state index contributed by atoms with van der Waals surface area (Å²) in [6.45, 7) is 0.627. The number of aryl methyl sites for hydroxylation is 1. The molecule has 0 spiro atoms. The molecule has 1 aliphatic heterocycles. The van der Waals surface area contributed by atoms with E-state index >= 15 is 0 Å². The minimum atomic E-state index is -1.07. The van der Waals surface area contributed by atoms with E-state index in [1.165, 1.54) is 6.33 Å². The summed E-state index contributed by atoms with van der Waals surface area (Å²) in [5.41, 5.74) is 0.627. The van der Waals surface area contributed by atoms with Crippen molar-refractivity contribution < 1.29 is 9.00 Å². The molecule has 0 aliphatic carbocycles. The van der Waals surface area contributed by atoms with Crippen molar-refractivity contribution in [2.75, 3.05) is 11.6 Å². The van der Waals surface area contributed by atoms with E-state index in [9.17, 15) is 9.00 Å². The predicted octanol–water partition coefficient (Wildman–Crippen LogP) is 1.15. The lowest BCUT2D eigenvalue weighted by Gasteiger charge is -2.23. The molecule has 7 nitrogen and oxygen atoms in total. The number of urea groups is 1. The summed E-state index contributed by atoms with van der Waals surface area (Å²) in [6.07, 6.45) is 4.78. The van der Waals surface area contributed by atoms with Crippen LogP contribution in [0.5, 0.6) is 0 Å². The van der Waals surface area contributed by atoms with Crippen LogP contribution >= 0.6 is 0 Å². The van der Waals surface area contributed by atoms with Crippen molar-refractivity contribution in [1.29, 1.82) is 0 Å². The van der Waals surface area contributed by atoms with Gasteiger partial charge in [0.05, 0.1) is 12.6 Å². The highest BCUT2D eigenvalue weighted by Crippen LogP contribution is 2.14. The summed E-state index contributed by atoms with van der Waals surface area (Å²) in [5.74, 6) is 0.955. The molecule has 0 saturated heterocycles. The largest absolute Gasteiger partial charge is 0.333 e. The summed E-state index contributed by atoms with van der Waals surface area (Å²) in [4.78, 5) is 16.9. The highest BCUT2D eigenvalue weighted by Gasteiger charge is 2.21. The third-order valence-electron chi connectivity index (χ3n) is 3.56. The lowest BCUT2D eigenvalue weighted by molar-refractivity contribution is 0.243. The fourth-order valence-corrected chi connectivity index (χ4v) is 3.02. The van der Waals surface area contributed by atoms with Crippen LogP contribution in [0.3, 0.4) is 0 Å². The molecular weight excluding hydrogens is 302 g/mol. The normalized spacial score (nSPS) is 18.3. The van der Waals surface area contributed by atoms with E-state index in [1.807, 2.05) is 4.68 Å². The molecule has 0 bridgehead atoms. The topological polar surface area (TPSA) is 88.9 Å². The summed E-state index contributed by atoms with van der Waals surface area (Å²) in [7, 11) is -1.07. The standard InChI is InChI=1S/C14H17N5O2S/c1-22(21)12-4-2-3-10(7-12)17-14(20)18-11-5-6-13-15-9-16-19(13)8-11/h2-4,7,9,11H,5-6,8H2,1H3,(H2,17,18,20)/t11-,22-/m1/s1. The van der Waals surface area contributed by atoms with Crippen molar-refractivity contribution in [1.82, 2.24) is 20.1 Å². The first-order valence-electron chi connectivity index (χ1n) is 6.99. The Balaban J connectivity index is 1.59. The Morgan fingerprint density at radius 1 is 1.45 bits per heavy atom. The summed E-state index contributed by atoms with van der Waals surface area (Å²) >= 11 is 0. The number of fused-ring (bicyclic) bond motifs is 1. The van der Waals surface area contributed by atoms with Crippen LogP contribution in [-0.4, -0.2) is 37.3 Å². The molecule has 2 heterocycles. The molecule has 0 fully saturated rings. The lowest BCUT2D eigenvalue weighted by Crippen LogP contribution is -2.43. The first-order valence-corrected chi connectivity index (χ1v) is 8.55. The van der Waals surface area contributed by atoms with Crippen molar-refractivity contribution in [2.45, 2.75) is 30.3 Å². The van der Waals surface area contributed by atoms with Crippen LogP contribution in [0.4, 0.5) is 10.5 Å². The Kier molecular flexibility index (Phi) is 4.19. The number of carbonyl (C=O) groups excluding carboxylic acids is 1. The zero-order chi connectivity index (χ0) is 15.5. The van der Waals surface area contributed by atoms with E-state index in [-0.39, 0.29) is 12.1 Å². The average molecular weight is 319 g/mol. The van der Waals surface area contributed by atoms with Gasteiger partial charge in [-0.1, -0.05) is 6.07 Å². The summed E-state index contributed by atoms with van der Waals surface area (Å²) in [5, 5.41) is 9.83. The molecule has 116 valence electrons. The van der Waals surface area contributed by atoms with Crippen molar-refractivity contribution in [3.63, 3.8) is 0 Å². The molecule has 2 amide bonds. The number of amides is 2. The van der Waals surface area contributed by atoms with E-state index in [0.29, 0.717) is 17.1 Å². The van der Waals surface area contributed by atoms with E-state index in [2.05, 4.69) is 20.7 Å². The van der Waals surface area contributed by atoms with Crippen molar-refractivity contribution in [3.8, 4) is 0 Å². The van der Waals surface area contributed by atoms with Crippen LogP contribution in [0.15, 0.2) is 35.5 Å². The van der Waals surface area contributed by atoms with Crippen LogP contribution in [0.25, 0.3) is 0 Å². The van der Waals surface area contributed by atoms with Gasteiger partial charge >= 0.3 is 6.03 Å². The zero-order valence-corrected chi connectivity index (χ0v) is 13.0. The van der Waals surface area contributed by atoms with Crippen molar-refractivity contribution in [3.05, 3.63) is 36.4 Å². The highest BCUT2D eigenvalue weighted by molar-refractivity contribution is 7.84. The molecule has 22 heavy (non-hydrogen) atoms. The summed E-state index contributed by atoms with van der Waals surface area (Å²) in [6, 6.07) is 6.78. The Hall–Kier alpha value is -2.22. The molecule has 2 aromatic rings. The maximum Gasteiger partial charge on any atom is 0.319 e. The second-order valence-electron chi connectivity index (χ2n) is 5.17. The molecule has 1 aromatic carbocycles. The predicted molar refractivity (Wildman–Crippen MR) is 83.1 cm³/mol. The Bertz CT molecular complexity index is 715. The van der Waals surface area contributed by atoms with E-state index in [4.69, 9.17) is 0 Å². The van der Waals surface area contributed by atoms with Crippen LogP contribution in [0.2, 0.25) is 0 Å². The number of nitrogens with one attached hydrogen (secondary N) is 2. The monoisotopic (exact) mass is 319 g/mol. The van der Waals surface area contributed by atoms with Gasteiger partial charge in [0.15, 0.2) is 0 Å². The summed E-state index contributed by atoms with van der Waals surface area (Å²) < 4.78 is 13.3. The number of hydrogen-bond acceptors (Lipinski definition) is 4. The van der Waals surface area contributed by atoms with Crippen LogP contribution < -0.4 is 10.6 Å². The first kappa shape index (κ1) is 14.7. The van der Waals surface area contributed by atoms with Gasteiger partial charge in [-0.15, -0.1) is 0 Å². The van der Waals surface area contributed by atoms with Crippen LogP contribution in [0, 0.1) is 0 Å². The average Bonchev–Trinajstić information content (AvgIpc) is 2.95. The highest BCUT2D eigenvalue weighted by atomic mass is 32.2. The number of carbonyl (C=O) groups is 1. The molecule has 1 aromatic heterocycles. The molecule has 2 N–H and O–H groups in total. The number of anilines is 1. The fraction of sp³-hybridized carbons (Fsp3) is 0.357. The lowest BCUT2D eigenvalue weighted by atomic mass is 10.1. The molecule has 8 heteroatoms. The Morgan fingerprint density at radius 2 is 2.32 bits per heavy atom. The molecule has 2 atom stereocenters. The number of rotatable bonds is 3. The molecular formula is C14H17N5O2S. The third-order valence-corrected chi connectivity index (χ3v) is 4.48. The third kappa shape index (κ3) is 3.33. The van der Waals surface area contributed by atoms with Gasteiger partial charge in [0, 0.05) is 34.1 Å². The molecule has 0 unspecified atom stereocenters. The first-order chi connectivity index (χ1) is 10.6. The van der Waals surface area contributed by atoms with Crippen molar-refractivity contribution in [2.24, 2.45) is 0 Å². The second-order valence-corrected chi connectivity index (χ2v) is 6.55. The zero-order valence-electron chi connectivity index (χ0n) is 12.2. The van der Waals surface area contributed by atoms with Gasteiger partial charge in [-0.25, -0.2) is 14.5 Å². The van der Waals surface area contributed by atoms with Gasteiger partial charge in [-0.3, -0.25) is 4.21 Å². The number of hydrogen-bond donors (Lipinski definition) is 2. The molecule has 3 rings (SSSR count). The molecule has 1 aliphatic rings. The maximum atomic E-state index is 12.1. The van der Waals surface area contributed by atoms with Gasteiger partial charge in [0.1, 0.15) is 12.2 Å². The minimum absolute atomic E-state index is 0.0256. The fourth-order valence-electron chi connectivity index (χ4n) is 2.46. The molecule has 0 saturated carbocycles. The Morgan fingerprint density at radius 3 is 3.14 bits per heavy atom. The minimum Gasteiger partial charge on any atom is -0.333 e.